The Hall–Kier alpha value is -3.33. The number of hydrogen-bond acceptors (Lipinski definition) is 6. The minimum absolute atomic E-state index is 0.164. The van der Waals surface area contributed by atoms with E-state index in [0.29, 0.717) is 16.0 Å². The minimum atomic E-state index is -0.579. The van der Waals surface area contributed by atoms with Crippen LogP contribution in [0.5, 0.6) is 0 Å². The largest absolute Gasteiger partial charge is 0.281 e. The highest BCUT2D eigenvalue weighted by Crippen LogP contribution is 2.23. The van der Waals surface area contributed by atoms with Crippen LogP contribution in [0.25, 0.3) is 10.2 Å². The number of carbonyl (C=O) groups excluding carboxylic acids is 3. The summed E-state index contributed by atoms with van der Waals surface area (Å²) in [5.74, 6) is -1.11. The molecule has 0 atom stereocenters. The fraction of sp³-hybridized carbons (Fsp3) is 0.118. The number of rotatable bonds is 2. The van der Waals surface area contributed by atoms with Crippen molar-refractivity contribution in [2.24, 2.45) is 0 Å². The molecule has 0 bridgehead atoms. The van der Waals surface area contributed by atoms with Gasteiger partial charge in [-0.1, -0.05) is 0 Å². The van der Waals surface area contributed by atoms with Crippen LogP contribution in [0.4, 0.5) is 0 Å². The van der Waals surface area contributed by atoms with E-state index in [1.807, 2.05) is 0 Å². The molecule has 2 aromatic heterocycles. The first-order valence-corrected chi connectivity index (χ1v) is 8.51. The molecule has 0 spiro atoms. The van der Waals surface area contributed by atoms with Crippen LogP contribution in [0, 0.1) is 6.92 Å². The molecule has 0 fully saturated rings. The summed E-state index contributed by atoms with van der Waals surface area (Å²) in [5.41, 5.74) is 2.71. The predicted octanol–water partition coefficient (Wildman–Crippen LogP) is 1.38. The van der Waals surface area contributed by atoms with Gasteiger partial charge < -0.3 is 0 Å². The topological polar surface area (TPSA) is 101 Å². The van der Waals surface area contributed by atoms with Gasteiger partial charge in [0.15, 0.2) is 0 Å². The Morgan fingerprint density at radius 2 is 1.85 bits per heavy atom. The number of nitrogens with one attached hydrogen (secondary N) is 1. The van der Waals surface area contributed by atoms with Gasteiger partial charge in [0.25, 0.3) is 23.3 Å². The van der Waals surface area contributed by atoms with Crippen LogP contribution in [0.3, 0.4) is 0 Å². The molecule has 1 aliphatic rings. The lowest BCUT2D eigenvalue weighted by Gasteiger charge is -2.11. The number of nitrogens with zero attached hydrogens (tertiary/aromatic N) is 3. The number of fused-ring (bicyclic) bond motifs is 2. The number of benzene rings is 1. The summed E-state index contributed by atoms with van der Waals surface area (Å²) in [6, 6.07) is 5.87. The average molecular weight is 368 g/mol. The van der Waals surface area contributed by atoms with Crippen molar-refractivity contribution in [2.45, 2.75) is 6.92 Å². The van der Waals surface area contributed by atoms with Crippen LogP contribution in [0.1, 0.15) is 36.9 Å². The van der Waals surface area contributed by atoms with Gasteiger partial charge in [0.05, 0.1) is 16.5 Å². The monoisotopic (exact) mass is 368 g/mol. The molecule has 9 heteroatoms. The first-order chi connectivity index (χ1) is 12.4. The first-order valence-electron chi connectivity index (χ1n) is 7.63. The van der Waals surface area contributed by atoms with Gasteiger partial charge in [-0.3, -0.25) is 29.5 Å². The maximum absolute atomic E-state index is 12.6. The number of imide groups is 1. The third-order valence-electron chi connectivity index (χ3n) is 4.23. The van der Waals surface area contributed by atoms with Crippen molar-refractivity contribution in [3.63, 3.8) is 0 Å². The van der Waals surface area contributed by atoms with Crippen molar-refractivity contribution >= 4 is 39.3 Å². The van der Waals surface area contributed by atoms with Gasteiger partial charge in [-0.2, -0.15) is 0 Å². The van der Waals surface area contributed by atoms with Crippen LogP contribution < -0.4 is 11.0 Å². The van der Waals surface area contributed by atoms with E-state index in [1.165, 1.54) is 36.6 Å². The molecule has 1 aliphatic heterocycles. The second-order valence-corrected chi connectivity index (χ2v) is 6.70. The number of amides is 3. The highest BCUT2D eigenvalue weighted by Gasteiger charge is 2.33. The normalized spacial score (nSPS) is 13.4. The van der Waals surface area contributed by atoms with Gasteiger partial charge >= 0.3 is 0 Å². The lowest BCUT2D eigenvalue weighted by Crippen LogP contribution is -2.35. The number of aryl methyl sites for hydroxylation is 1. The standard InChI is InChI=1S/C17H12N4O4S/c1-8-18-14-11(5-6-26-14)17(25)21(8)19-13(22)9-3-4-10-12(7-9)16(24)20(2)15(10)23/h3-7H,1-2H3,(H,19,22). The maximum Gasteiger partial charge on any atom is 0.281 e. The van der Waals surface area contributed by atoms with E-state index in [9.17, 15) is 19.2 Å². The summed E-state index contributed by atoms with van der Waals surface area (Å²) in [7, 11) is 1.38. The van der Waals surface area contributed by atoms with Gasteiger partial charge in [-0.25, -0.2) is 9.66 Å². The molecule has 0 radical (unpaired) electrons. The van der Waals surface area contributed by atoms with Gasteiger partial charge in [-0.05, 0) is 36.6 Å². The SMILES string of the molecule is Cc1nc2sccc2c(=O)n1NC(=O)c1ccc2c(c1)C(=O)N(C)C2=O. The summed E-state index contributed by atoms with van der Waals surface area (Å²) in [4.78, 5) is 55.0. The van der Waals surface area contributed by atoms with E-state index in [2.05, 4.69) is 10.4 Å². The molecule has 1 aromatic carbocycles. The fourth-order valence-corrected chi connectivity index (χ4v) is 3.62. The molecule has 0 saturated heterocycles. The second kappa shape index (κ2) is 5.60. The predicted molar refractivity (Wildman–Crippen MR) is 95.2 cm³/mol. The van der Waals surface area contributed by atoms with Gasteiger partial charge in [0.2, 0.25) is 0 Å². The van der Waals surface area contributed by atoms with Crippen molar-refractivity contribution in [1.82, 2.24) is 14.6 Å². The molecule has 8 nitrogen and oxygen atoms in total. The molecule has 3 heterocycles. The Kier molecular flexibility index (Phi) is 3.48. The van der Waals surface area contributed by atoms with E-state index >= 15 is 0 Å². The number of aromatic nitrogens is 2. The molecule has 26 heavy (non-hydrogen) atoms. The summed E-state index contributed by atoms with van der Waals surface area (Å²) in [6.45, 7) is 1.61. The number of thiophene rings is 1. The van der Waals surface area contributed by atoms with E-state index in [1.54, 1.807) is 18.4 Å². The van der Waals surface area contributed by atoms with Gasteiger partial charge in [-0.15, -0.1) is 11.3 Å². The molecule has 4 rings (SSSR count). The maximum atomic E-state index is 12.6. The van der Waals surface area contributed by atoms with E-state index < -0.39 is 17.7 Å². The molecular weight excluding hydrogens is 356 g/mol. The quantitative estimate of drug-likeness (QED) is 0.689. The highest BCUT2D eigenvalue weighted by molar-refractivity contribution is 7.16. The summed E-state index contributed by atoms with van der Waals surface area (Å²) in [6.07, 6.45) is 0. The Balaban J connectivity index is 1.72. The second-order valence-electron chi connectivity index (χ2n) is 5.81. The van der Waals surface area contributed by atoms with Crippen molar-refractivity contribution in [3.05, 3.63) is 62.5 Å². The highest BCUT2D eigenvalue weighted by atomic mass is 32.1. The number of hydrogen-bond donors (Lipinski definition) is 1. The zero-order valence-electron chi connectivity index (χ0n) is 13.8. The average Bonchev–Trinajstić information content (AvgIpc) is 3.18. The van der Waals surface area contributed by atoms with Crippen LogP contribution in [-0.4, -0.2) is 39.3 Å². The summed E-state index contributed by atoms with van der Waals surface area (Å²) >= 11 is 1.34. The van der Waals surface area contributed by atoms with E-state index in [4.69, 9.17) is 0 Å². The Morgan fingerprint density at radius 1 is 1.12 bits per heavy atom. The molecule has 0 unspecified atom stereocenters. The molecule has 1 N–H and O–H groups in total. The zero-order chi connectivity index (χ0) is 18.6. The van der Waals surface area contributed by atoms with Crippen molar-refractivity contribution in [1.29, 1.82) is 0 Å². The van der Waals surface area contributed by atoms with Gasteiger partial charge in [0, 0.05) is 12.6 Å². The van der Waals surface area contributed by atoms with Crippen molar-refractivity contribution in [2.75, 3.05) is 12.5 Å². The first kappa shape index (κ1) is 16.2. The van der Waals surface area contributed by atoms with Crippen molar-refractivity contribution < 1.29 is 14.4 Å². The smallest absolute Gasteiger partial charge is 0.277 e. The zero-order valence-corrected chi connectivity index (χ0v) is 14.6. The minimum Gasteiger partial charge on any atom is -0.277 e. The van der Waals surface area contributed by atoms with Crippen LogP contribution in [-0.2, 0) is 0 Å². The Bertz CT molecular complexity index is 1180. The number of carbonyl (C=O) groups is 3. The summed E-state index contributed by atoms with van der Waals surface area (Å²) in [5, 5.41) is 2.17. The third-order valence-corrected chi connectivity index (χ3v) is 5.04. The van der Waals surface area contributed by atoms with E-state index in [-0.39, 0.29) is 22.2 Å². The molecular formula is C17H12N4O4S. The molecule has 3 aromatic rings. The van der Waals surface area contributed by atoms with Crippen molar-refractivity contribution in [3.8, 4) is 0 Å². The lowest BCUT2D eigenvalue weighted by atomic mass is 10.1. The van der Waals surface area contributed by atoms with Crippen LogP contribution in [0.2, 0.25) is 0 Å². The fourth-order valence-electron chi connectivity index (χ4n) is 2.82. The molecule has 0 aliphatic carbocycles. The molecule has 0 saturated carbocycles. The Labute approximate surface area is 150 Å². The van der Waals surface area contributed by atoms with Crippen LogP contribution >= 0.6 is 11.3 Å². The summed E-state index contributed by atoms with van der Waals surface area (Å²) < 4.78 is 1.07. The Morgan fingerprint density at radius 3 is 2.62 bits per heavy atom. The lowest BCUT2D eigenvalue weighted by molar-refractivity contribution is 0.0693. The van der Waals surface area contributed by atoms with Crippen LogP contribution in [0.15, 0.2) is 34.4 Å². The molecule has 130 valence electrons. The van der Waals surface area contributed by atoms with Gasteiger partial charge in [0.1, 0.15) is 10.7 Å². The third kappa shape index (κ3) is 2.25. The molecule has 3 amide bonds. The van der Waals surface area contributed by atoms with E-state index in [0.717, 1.165) is 9.58 Å².